The first-order chi connectivity index (χ1) is 6.82. The molecule has 1 fully saturated rings. The second-order valence-corrected chi connectivity index (χ2v) is 5.01. The molecular weight excluding hydrogens is 192 g/mol. The number of carbonyl (C=O) groups is 2. The summed E-state index contributed by atoms with van der Waals surface area (Å²) in [6.07, 6.45) is 0. The number of amides is 1. The van der Waals surface area contributed by atoms with Gasteiger partial charge in [-0.3, -0.25) is 14.5 Å². The van der Waals surface area contributed by atoms with Gasteiger partial charge in [-0.2, -0.15) is 0 Å². The molecule has 4 nitrogen and oxygen atoms in total. The molecule has 1 rings (SSSR count). The number of rotatable bonds is 1. The Morgan fingerprint density at radius 3 is 1.80 bits per heavy atom. The molecule has 0 aromatic rings. The van der Waals surface area contributed by atoms with Crippen LogP contribution in [0.1, 0.15) is 27.7 Å². The van der Waals surface area contributed by atoms with Gasteiger partial charge in [0.05, 0.1) is 0 Å². The molecule has 15 heavy (non-hydrogen) atoms. The molecule has 0 aromatic carbocycles. The van der Waals surface area contributed by atoms with E-state index in [0.717, 1.165) is 13.1 Å². The van der Waals surface area contributed by atoms with Crippen LogP contribution in [0.3, 0.4) is 0 Å². The van der Waals surface area contributed by atoms with Crippen LogP contribution in [0.15, 0.2) is 0 Å². The standard InChI is InChI=1S/C11H20N2O2/c1-9(14)10(15)12-5-7-13(8-6-12)11(2,3)4/h5-8H2,1-4H3. The van der Waals surface area contributed by atoms with Crippen LogP contribution in [0.4, 0.5) is 0 Å². The van der Waals surface area contributed by atoms with Crippen molar-refractivity contribution < 1.29 is 9.59 Å². The van der Waals surface area contributed by atoms with Gasteiger partial charge in [0, 0.05) is 38.6 Å². The molecule has 0 bridgehead atoms. The zero-order valence-corrected chi connectivity index (χ0v) is 10.0. The van der Waals surface area contributed by atoms with Crippen LogP contribution in [0.5, 0.6) is 0 Å². The summed E-state index contributed by atoms with van der Waals surface area (Å²) in [5, 5.41) is 0. The van der Waals surface area contributed by atoms with Gasteiger partial charge < -0.3 is 4.90 Å². The average molecular weight is 212 g/mol. The molecule has 1 saturated heterocycles. The van der Waals surface area contributed by atoms with Crippen molar-refractivity contribution in [1.29, 1.82) is 0 Å². The lowest BCUT2D eigenvalue weighted by Gasteiger charge is -2.41. The Morgan fingerprint density at radius 1 is 1.00 bits per heavy atom. The van der Waals surface area contributed by atoms with Crippen LogP contribution in [0, 0.1) is 0 Å². The maximum absolute atomic E-state index is 11.4. The smallest absolute Gasteiger partial charge is 0.289 e. The lowest BCUT2D eigenvalue weighted by molar-refractivity contribution is -0.145. The van der Waals surface area contributed by atoms with Gasteiger partial charge >= 0.3 is 0 Å². The van der Waals surface area contributed by atoms with Crippen LogP contribution < -0.4 is 0 Å². The van der Waals surface area contributed by atoms with E-state index in [0.29, 0.717) is 13.1 Å². The van der Waals surface area contributed by atoms with Gasteiger partial charge in [0.1, 0.15) is 0 Å². The van der Waals surface area contributed by atoms with Gasteiger partial charge in [0.15, 0.2) is 0 Å². The predicted molar refractivity (Wildman–Crippen MR) is 58.6 cm³/mol. The second-order valence-electron chi connectivity index (χ2n) is 5.01. The third-order valence-corrected chi connectivity index (χ3v) is 2.82. The molecule has 0 radical (unpaired) electrons. The molecule has 0 unspecified atom stereocenters. The normalized spacial score (nSPS) is 19.1. The molecule has 0 N–H and O–H groups in total. The first-order valence-corrected chi connectivity index (χ1v) is 5.37. The Bertz CT molecular complexity index is 260. The Morgan fingerprint density at radius 2 is 1.47 bits per heavy atom. The van der Waals surface area contributed by atoms with Gasteiger partial charge in [0.2, 0.25) is 5.78 Å². The van der Waals surface area contributed by atoms with Crippen molar-refractivity contribution in [2.24, 2.45) is 0 Å². The van der Waals surface area contributed by atoms with E-state index in [1.165, 1.54) is 6.92 Å². The molecule has 0 aromatic heterocycles. The van der Waals surface area contributed by atoms with Crippen LogP contribution in [0.25, 0.3) is 0 Å². The zero-order chi connectivity index (χ0) is 11.6. The highest BCUT2D eigenvalue weighted by atomic mass is 16.2. The largest absolute Gasteiger partial charge is 0.334 e. The van der Waals surface area contributed by atoms with Gasteiger partial charge in [-0.25, -0.2) is 0 Å². The van der Waals surface area contributed by atoms with Crippen molar-refractivity contribution >= 4 is 11.7 Å². The maximum atomic E-state index is 11.4. The molecule has 1 amide bonds. The quantitative estimate of drug-likeness (QED) is 0.595. The molecule has 4 heteroatoms. The Labute approximate surface area is 91.2 Å². The molecule has 1 aliphatic heterocycles. The first-order valence-electron chi connectivity index (χ1n) is 5.37. The molecular formula is C11H20N2O2. The van der Waals surface area contributed by atoms with E-state index in [9.17, 15) is 9.59 Å². The summed E-state index contributed by atoms with van der Waals surface area (Å²) in [7, 11) is 0. The number of nitrogens with zero attached hydrogens (tertiary/aromatic N) is 2. The van der Waals surface area contributed by atoms with Gasteiger partial charge in [0.25, 0.3) is 5.91 Å². The second kappa shape index (κ2) is 4.31. The van der Waals surface area contributed by atoms with Crippen molar-refractivity contribution in [3.05, 3.63) is 0 Å². The van der Waals surface area contributed by atoms with E-state index in [-0.39, 0.29) is 17.2 Å². The van der Waals surface area contributed by atoms with Crippen molar-refractivity contribution in [3.63, 3.8) is 0 Å². The molecule has 1 heterocycles. The molecule has 0 spiro atoms. The SMILES string of the molecule is CC(=O)C(=O)N1CCN(C(C)(C)C)CC1. The fourth-order valence-electron chi connectivity index (χ4n) is 1.80. The molecule has 86 valence electrons. The third-order valence-electron chi connectivity index (χ3n) is 2.82. The Kier molecular flexibility index (Phi) is 3.50. The van der Waals surface area contributed by atoms with Crippen molar-refractivity contribution in [2.45, 2.75) is 33.2 Å². The lowest BCUT2D eigenvalue weighted by Crippen LogP contribution is -2.55. The van der Waals surface area contributed by atoms with Gasteiger partial charge in [-0.1, -0.05) is 0 Å². The van der Waals surface area contributed by atoms with E-state index in [1.54, 1.807) is 4.90 Å². The van der Waals surface area contributed by atoms with Crippen LogP contribution in [-0.2, 0) is 9.59 Å². The van der Waals surface area contributed by atoms with Gasteiger partial charge in [-0.15, -0.1) is 0 Å². The van der Waals surface area contributed by atoms with Crippen molar-refractivity contribution in [3.8, 4) is 0 Å². The highest BCUT2D eigenvalue weighted by Crippen LogP contribution is 2.15. The van der Waals surface area contributed by atoms with Crippen molar-refractivity contribution in [1.82, 2.24) is 9.80 Å². The van der Waals surface area contributed by atoms with Crippen LogP contribution in [0.2, 0.25) is 0 Å². The number of hydrogen-bond donors (Lipinski definition) is 0. The molecule has 0 aliphatic carbocycles. The predicted octanol–water partition coefficient (Wildman–Crippen LogP) is 0.518. The maximum Gasteiger partial charge on any atom is 0.289 e. The summed E-state index contributed by atoms with van der Waals surface area (Å²) in [6, 6.07) is 0. The highest BCUT2D eigenvalue weighted by molar-refractivity contribution is 6.35. The summed E-state index contributed by atoms with van der Waals surface area (Å²) >= 11 is 0. The fourth-order valence-corrected chi connectivity index (χ4v) is 1.80. The van der Waals surface area contributed by atoms with Gasteiger partial charge in [-0.05, 0) is 20.8 Å². The Balaban J connectivity index is 2.50. The fraction of sp³-hybridized carbons (Fsp3) is 0.818. The zero-order valence-electron chi connectivity index (χ0n) is 10.0. The summed E-state index contributed by atoms with van der Waals surface area (Å²) in [6.45, 7) is 10.8. The number of carbonyl (C=O) groups excluding carboxylic acids is 2. The van der Waals surface area contributed by atoms with Crippen LogP contribution in [-0.4, -0.2) is 53.2 Å². The molecule has 1 aliphatic rings. The highest BCUT2D eigenvalue weighted by Gasteiger charge is 2.28. The number of Topliss-reactive ketones (excluding diaryl/α,β-unsaturated/α-hetero) is 1. The van der Waals surface area contributed by atoms with E-state index in [2.05, 4.69) is 25.7 Å². The van der Waals surface area contributed by atoms with Crippen molar-refractivity contribution in [2.75, 3.05) is 26.2 Å². The summed E-state index contributed by atoms with van der Waals surface area (Å²) in [4.78, 5) is 26.3. The minimum atomic E-state index is -0.362. The van der Waals surface area contributed by atoms with E-state index in [1.807, 2.05) is 0 Å². The lowest BCUT2D eigenvalue weighted by atomic mass is 10.0. The summed E-state index contributed by atoms with van der Waals surface area (Å²) in [5.41, 5.74) is 0.144. The number of hydrogen-bond acceptors (Lipinski definition) is 3. The summed E-state index contributed by atoms with van der Waals surface area (Å²) in [5.74, 6) is -0.706. The molecule has 0 atom stereocenters. The minimum absolute atomic E-state index is 0.144. The third kappa shape index (κ3) is 3.02. The Hall–Kier alpha value is -0.900. The number of piperazine rings is 1. The van der Waals surface area contributed by atoms with E-state index < -0.39 is 0 Å². The summed E-state index contributed by atoms with van der Waals surface area (Å²) < 4.78 is 0. The monoisotopic (exact) mass is 212 g/mol. The minimum Gasteiger partial charge on any atom is -0.334 e. The molecule has 0 saturated carbocycles. The van der Waals surface area contributed by atoms with E-state index >= 15 is 0 Å². The topological polar surface area (TPSA) is 40.6 Å². The van der Waals surface area contributed by atoms with E-state index in [4.69, 9.17) is 0 Å². The number of ketones is 1. The average Bonchev–Trinajstić information content (AvgIpc) is 2.15. The first kappa shape index (κ1) is 12.2. The van der Waals surface area contributed by atoms with Crippen LogP contribution >= 0.6 is 0 Å².